The molecule has 0 aliphatic carbocycles. The van der Waals surface area contributed by atoms with Crippen molar-refractivity contribution in [3.05, 3.63) is 47.0 Å². The third-order valence-electron chi connectivity index (χ3n) is 4.27. The van der Waals surface area contributed by atoms with Crippen LogP contribution in [0.2, 0.25) is 0 Å². The molecule has 1 N–H and O–H groups in total. The van der Waals surface area contributed by atoms with Gasteiger partial charge in [0.2, 0.25) is 0 Å². The highest BCUT2D eigenvalue weighted by molar-refractivity contribution is 5.20. The Balaban J connectivity index is 1.66. The summed E-state index contributed by atoms with van der Waals surface area (Å²) in [6.07, 6.45) is 5.13. The van der Waals surface area contributed by atoms with Gasteiger partial charge in [0.15, 0.2) is 0 Å². The zero-order valence-corrected chi connectivity index (χ0v) is 14.4. The van der Waals surface area contributed by atoms with Crippen molar-refractivity contribution in [3.63, 3.8) is 0 Å². The summed E-state index contributed by atoms with van der Waals surface area (Å²) >= 11 is 0. The first-order valence-corrected chi connectivity index (χ1v) is 8.36. The Hall–Kier alpha value is -1.72. The lowest BCUT2D eigenvalue weighted by Crippen LogP contribution is -2.31. The molecule has 2 aromatic rings. The maximum atomic E-state index is 5.94. The average molecular weight is 314 g/mol. The van der Waals surface area contributed by atoms with E-state index < -0.39 is 0 Å². The molecular weight excluding hydrogens is 288 g/mol. The molecule has 3 heterocycles. The molecule has 5 heteroatoms. The molecule has 0 aromatic carbocycles. The van der Waals surface area contributed by atoms with Gasteiger partial charge < -0.3 is 10.1 Å². The molecule has 3 rings (SSSR count). The molecule has 1 fully saturated rings. The second-order valence-electron chi connectivity index (χ2n) is 6.69. The molecule has 2 atom stereocenters. The van der Waals surface area contributed by atoms with Gasteiger partial charge in [0.25, 0.3) is 0 Å². The molecule has 1 saturated heterocycles. The van der Waals surface area contributed by atoms with Crippen LogP contribution in [0, 0.1) is 13.8 Å². The topological polar surface area (TPSA) is 52.0 Å². The maximum absolute atomic E-state index is 5.94. The van der Waals surface area contributed by atoms with Crippen LogP contribution in [-0.2, 0) is 11.3 Å². The standard InChI is InChI=1S/C18H26N4O/c1-12(2)22-11-15(9-20-22)18-17(5-6-23-18)19-10-16-8-13(3)7-14(4)21-16/h7-9,11-12,17-19H,5-6,10H2,1-4H3/t17-,18+/m1/s1. The van der Waals surface area contributed by atoms with Crippen molar-refractivity contribution in [2.75, 3.05) is 6.61 Å². The molecular formula is C18H26N4O. The van der Waals surface area contributed by atoms with Gasteiger partial charge in [0.1, 0.15) is 6.10 Å². The van der Waals surface area contributed by atoms with Gasteiger partial charge in [-0.05, 0) is 51.8 Å². The minimum absolute atomic E-state index is 0.0772. The number of hydrogen-bond donors (Lipinski definition) is 1. The monoisotopic (exact) mass is 314 g/mol. The van der Waals surface area contributed by atoms with Crippen molar-refractivity contribution in [1.82, 2.24) is 20.1 Å². The third kappa shape index (κ3) is 3.79. The highest BCUT2D eigenvalue weighted by Crippen LogP contribution is 2.29. The van der Waals surface area contributed by atoms with Crippen molar-refractivity contribution < 1.29 is 4.74 Å². The van der Waals surface area contributed by atoms with Crippen LogP contribution in [-0.4, -0.2) is 27.4 Å². The van der Waals surface area contributed by atoms with E-state index in [-0.39, 0.29) is 6.10 Å². The minimum atomic E-state index is 0.0772. The fourth-order valence-electron chi connectivity index (χ4n) is 3.16. The Labute approximate surface area is 138 Å². The van der Waals surface area contributed by atoms with E-state index in [4.69, 9.17) is 4.74 Å². The molecule has 1 aliphatic rings. The molecule has 5 nitrogen and oxygen atoms in total. The van der Waals surface area contributed by atoms with Crippen LogP contribution in [0.4, 0.5) is 0 Å². The summed E-state index contributed by atoms with van der Waals surface area (Å²) in [5, 5.41) is 8.05. The third-order valence-corrected chi connectivity index (χ3v) is 4.27. The van der Waals surface area contributed by atoms with Gasteiger partial charge in [-0.3, -0.25) is 9.67 Å². The molecule has 23 heavy (non-hydrogen) atoms. The molecule has 0 amide bonds. The van der Waals surface area contributed by atoms with E-state index in [1.54, 1.807) is 0 Å². The van der Waals surface area contributed by atoms with Crippen LogP contribution in [0.1, 0.15) is 54.9 Å². The molecule has 2 aromatic heterocycles. The van der Waals surface area contributed by atoms with Gasteiger partial charge >= 0.3 is 0 Å². The zero-order valence-electron chi connectivity index (χ0n) is 14.4. The number of pyridine rings is 1. The first-order valence-electron chi connectivity index (χ1n) is 8.36. The number of nitrogens with zero attached hydrogens (tertiary/aromatic N) is 3. The number of aryl methyl sites for hydroxylation is 2. The number of aromatic nitrogens is 3. The van der Waals surface area contributed by atoms with E-state index in [1.165, 1.54) is 5.56 Å². The van der Waals surface area contributed by atoms with Crippen molar-refractivity contribution in [3.8, 4) is 0 Å². The summed E-state index contributed by atoms with van der Waals surface area (Å²) in [5.74, 6) is 0. The minimum Gasteiger partial charge on any atom is -0.372 e. The molecule has 1 aliphatic heterocycles. The van der Waals surface area contributed by atoms with Crippen LogP contribution >= 0.6 is 0 Å². The van der Waals surface area contributed by atoms with Crippen LogP contribution in [0.25, 0.3) is 0 Å². The van der Waals surface area contributed by atoms with Crippen molar-refractivity contribution in [1.29, 1.82) is 0 Å². The van der Waals surface area contributed by atoms with Gasteiger partial charge in [-0.2, -0.15) is 5.10 Å². The quantitative estimate of drug-likeness (QED) is 0.921. The van der Waals surface area contributed by atoms with Gasteiger partial charge in [0.05, 0.1) is 11.9 Å². The van der Waals surface area contributed by atoms with E-state index in [9.17, 15) is 0 Å². The summed E-state index contributed by atoms with van der Waals surface area (Å²) in [6.45, 7) is 9.97. The Bertz CT molecular complexity index is 645. The highest BCUT2D eigenvalue weighted by Gasteiger charge is 2.30. The predicted octanol–water partition coefficient (Wildman–Crippen LogP) is 3.10. The van der Waals surface area contributed by atoms with Gasteiger partial charge in [-0.1, -0.05) is 0 Å². The lowest BCUT2D eigenvalue weighted by Gasteiger charge is -2.19. The Morgan fingerprint density at radius 2 is 2.17 bits per heavy atom. The first-order chi connectivity index (χ1) is 11.0. The van der Waals surface area contributed by atoms with Crippen LogP contribution in [0.3, 0.4) is 0 Å². The van der Waals surface area contributed by atoms with Gasteiger partial charge in [-0.25, -0.2) is 0 Å². The summed E-state index contributed by atoms with van der Waals surface area (Å²) in [6, 6.07) is 4.92. The number of rotatable bonds is 5. The normalized spacial score (nSPS) is 21.3. The van der Waals surface area contributed by atoms with E-state index in [0.717, 1.165) is 36.5 Å². The summed E-state index contributed by atoms with van der Waals surface area (Å²) in [5.41, 5.74) is 4.57. The number of hydrogen-bond acceptors (Lipinski definition) is 4. The van der Waals surface area contributed by atoms with Crippen molar-refractivity contribution in [2.45, 2.75) is 58.8 Å². The van der Waals surface area contributed by atoms with Gasteiger partial charge in [-0.15, -0.1) is 0 Å². The number of ether oxygens (including phenoxy) is 1. The Morgan fingerprint density at radius 3 is 2.87 bits per heavy atom. The molecule has 0 bridgehead atoms. The SMILES string of the molecule is Cc1cc(C)nc(CN[C@@H]2CCO[C@H]2c2cnn(C(C)C)c2)c1. The average Bonchev–Trinajstić information content (AvgIpc) is 3.13. The number of nitrogens with one attached hydrogen (secondary N) is 1. The second-order valence-corrected chi connectivity index (χ2v) is 6.69. The Morgan fingerprint density at radius 1 is 1.35 bits per heavy atom. The van der Waals surface area contributed by atoms with E-state index in [1.807, 2.05) is 17.8 Å². The molecule has 0 saturated carbocycles. The van der Waals surface area contributed by atoms with E-state index in [0.29, 0.717) is 12.1 Å². The highest BCUT2D eigenvalue weighted by atomic mass is 16.5. The maximum Gasteiger partial charge on any atom is 0.101 e. The molecule has 0 spiro atoms. The fourth-order valence-corrected chi connectivity index (χ4v) is 3.16. The van der Waals surface area contributed by atoms with Gasteiger partial charge in [0, 0.05) is 42.7 Å². The second kappa shape index (κ2) is 6.81. The summed E-state index contributed by atoms with van der Waals surface area (Å²) in [7, 11) is 0. The van der Waals surface area contributed by atoms with E-state index in [2.05, 4.69) is 54.5 Å². The first kappa shape index (κ1) is 16.1. The smallest absolute Gasteiger partial charge is 0.101 e. The zero-order chi connectivity index (χ0) is 16.4. The van der Waals surface area contributed by atoms with Crippen LogP contribution in [0.5, 0.6) is 0 Å². The van der Waals surface area contributed by atoms with Crippen LogP contribution < -0.4 is 5.32 Å². The van der Waals surface area contributed by atoms with E-state index >= 15 is 0 Å². The summed E-state index contributed by atoms with van der Waals surface area (Å²) in [4.78, 5) is 4.60. The van der Waals surface area contributed by atoms with Crippen molar-refractivity contribution in [2.24, 2.45) is 0 Å². The molecule has 0 unspecified atom stereocenters. The summed E-state index contributed by atoms with van der Waals surface area (Å²) < 4.78 is 7.93. The predicted molar refractivity (Wildman–Crippen MR) is 90.3 cm³/mol. The molecule has 124 valence electrons. The largest absolute Gasteiger partial charge is 0.372 e. The molecule has 0 radical (unpaired) electrons. The lowest BCUT2D eigenvalue weighted by atomic mass is 10.1. The lowest BCUT2D eigenvalue weighted by molar-refractivity contribution is 0.0983. The fraction of sp³-hybridized carbons (Fsp3) is 0.556. The van der Waals surface area contributed by atoms with Crippen LogP contribution in [0.15, 0.2) is 24.5 Å². The van der Waals surface area contributed by atoms with Crippen molar-refractivity contribution >= 4 is 0 Å². The Kier molecular flexibility index (Phi) is 4.78.